The van der Waals surface area contributed by atoms with E-state index in [0.717, 1.165) is 62.5 Å². The first-order valence-corrected chi connectivity index (χ1v) is 8.44. The Morgan fingerprint density at radius 2 is 2.04 bits per heavy atom. The van der Waals surface area contributed by atoms with Crippen LogP contribution in [0.2, 0.25) is 0 Å². The summed E-state index contributed by atoms with van der Waals surface area (Å²) in [7, 11) is 0. The van der Waals surface area contributed by atoms with Crippen molar-refractivity contribution < 1.29 is 4.79 Å². The summed E-state index contributed by atoms with van der Waals surface area (Å²) in [6, 6.07) is 2.06. The Morgan fingerprint density at radius 1 is 1.17 bits per heavy atom. The second kappa shape index (κ2) is 5.79. The number of aromatic nitrogens is 4. The van der Waals surface area contributed by atoms with E-state index in [-0.39, 0.29) is 5.92 Å². The lowest BCUT2D eigenvalue weighted by molar-refractivity contribution is -0.137. The fourth-order valence-corrected chi connectivity index (χ4v) is 3.46. The van der Waals surface area contributed by atoms with Gasteiger partial charge in [0.2, 0.25) is 11.6 Å². The van der Waals surface area contributed by atoms with Crippen molar-refractivity contribution >= 4 is 17.2 Å². The fraction of sp³-hybridized carbons (Fsp3) is 0.625. The molecule has 1 amide bonds. The van der Waals surface area contributed by atoms with Crippen molar-refractivity contribution in [3.05, 3.63) is 18.1 Å². The molecule has 0 radical (unpaired) electrons. The molecule has 23 heavy (non-hydrogen) atoms. The van der Waals surface area contributed by atoms with Crippen LogP contribution in [0.4, 0.5) is 5.69 Å². The van der Waals surface area contributed by atoms with E-state index in [1.807, 2.05) is 6.92 Å². The van der Waals surface area contributed by atoms with E-state index in [1.165, 1.54) is 6.42 Å². The van der Waals surface area contributed by atoms with Crippen LogP contribution in [0.25, 0.3) is 5.65 Å². The quantitative estimate of drug-likeness (QED) is 0.835. The third-order valence-corrected chi connectivity index (χ3v) is 4.97. The van der Waals surface area contributed by atoms with E-state index in [1.54, 1.807) is 10.8 Å². The van der Waals surface area contributed by atoms with Gasteiger partial charge < -0.3 is 9.80 Å². The molecule has 0 bridgehead atoms. The van der Waals surface area contributed by atoms with Crippen LogP contribution in [0, 0.1) is 12.8 Å². The summed E-state index contributed by atoms with van der Waals surface area (Å²) in [4.78, 5) is 16.8. The van der Waals surface area contributed by atoms with Gasteiger partial charge in [0.05, 0.1) is 11.4 Å². The highest BCUT2D eigenvalue weighted by Gasteiger charge is 2.30. The lowest BCUT2D eigenvalue weighted by Crippen LogP contribution is -2.41. The second-order valence-corrected chi connectivity index (χ2v) is 6.56. The van der Waals surface area contributed by atoms with Crippen LogP contribution in [0.3, 0.4) is 0 Å². The van der Waals surface area contributed by atoms with Gasteiger partial charge in [-0.3, -0.25) is 4.79 Å². The molecule has 2 aromatic heterocycles. The number of rotatable bonds is 2. The first-order chi connectivity index (χ1) is 11.2. The average Bonchev–Trinajstić information content (AvgIpc) is 2.80. The maximum absolute atomic E-state index is 12.5. The van der Waals surface area contributed by atoms with Crippen molar-refractivity contribution in [1.29, 1.82) is 0 Å². The minimum atomic E-state index is 0.285. The van der Waals surface area contributed by atoms with Crippen LogP contribution in [0.1, 0.15) is 31.4 Å². The highest BCUT2D eigenvalue weighted by Crippen LogP contribution is 2.29. The number of hydrogen-bond acceptors (Lipinski definition) is 5. The zero-order valence-electron chi connectivity index (χ0n) is 13.5. The number of carbonyl (C=O) groups is 1. The smallest absolute Gasteiger partial charge is 0.225 e. The minimum absolute atomic E-state index is 0.285. The Labute approximate surface area is 135 Å². The van der Waals surface area contributed by atoms with Crippen molar-refractivity contribution in [2.24, 2.45) is 5.92 Å². The van der Waals surface area contributed by atoms with Crippen molar-refractivity contribution in [2.45, 2.75) is 32.6 Å². The molecule has 1 saturated heterocycles. The third kappa shape index (κ3) is 2.64. The maximum atomic E-state index is 12.5. The van der Waals surface area contributed by atoms with Crippen LogP contribution >= 0.6 is 0 Å². The zero-order chi connectivity index (χ0) is 15.8. The summed E-state index contributed by atoms with van der Waals surface area (Å²) in [5.74, 6) is 0.643. The molecular weight excluding hydrogens is 292 g/mol. The average molecular weight is 314 g/mol. The summed E-state index contributed by atoms with van der Waals surface area (Å²) in [6.07, 6.45) is 5.97. The Kier molecular flexibility index (Phi) is 3.63. The van der Waals surface area contributed by atoms with Crippen molar-refractivity contribution in [2.75, 3.05) is 31.1 Å². The highest BCUT2D eigenvalue weighted by molar-refractivity contribution is 5.79. The van der Waals surface area contributed by atoms with Gasteiger partial charge in [-0.1, -0.05) is 6.42 Å². The first kappa shape index (κ1) is 14.4. The monoisotopic (exact) mass is 314 g/mol. The van der Waals surface area contributed by atoms with Crippen LogP contribution in [-0.2, 0) is 4.79 Å². The van der Waals surface area contributed by atoms with Gasteiger partial charge in [0.15, 0.2) is 0 Å². The number of anilines is 1. The molecular formula is C16H22N6O. The third-order valence-electron chi connectivity index (χ3n) is 4.97. The van der Waals surface area contributed by atoms with Gasteiger partial charge in [-0.05, 0) is 32.3 Å². The van der Waals surface area contributed by atoms with Crippen LogP contribution < -0.4 is 4.90 Å². The first-order valence-electron chi connectivity index (χ1n) is 8.44. The fourth-order valence-electron chi connectivity index (χ4n) is 3.46. The number of amides is 1. The molecule has 122 valence electrons. The van der Waals surface area contributed by atoms with Gasteiger partial charge in [-0.2, -0.15) is 9.61 Å². The molecule has 0 aromatic carbocycles. The molecule has 4 rings (SSSR count). The maximum Gasteiger partial charge on any atom is 0.225 e. The molecule has 2 aliphatic rings. The Hall–Kier alpha value is -2.18. The molecule has 0 unspecified atom stereocenters. The van der Waals surface area contributed by atoms with Crippen LogP contribution in [0.5, 0.6) is 0 Å². The molecule has 0 spiro atoms. The SMILES string of the molecule is Cc1cc(N2CCCN(C(=O)C3CCC3)CC2)c2nncn2n1. The standard InChI is InChI=1S/C16H22N6O/c1-12-10-14(15-18-17-11-22(15)19-12)20-6-3-7-21(9-8-20)16(23)13-4-2-5-13/h10-11,13H,2-9H2,1H3. The van der Waals surface area contributed by atoms with E-state index in [0.29, 0.717) is 5.91 Å². The Bertz CT molecular complexity index is 722. The molecule has 2 aromatic rings. The summed E-state index contributed by atoms with van der Waals surface area (Å²) in [5, 5.41) is 12.6. The molecule has 3 heterocycles. The minimum Gasteiger partial charge on any atom is -0.367 e. The van der Waals surface area contributed by atoms with Crippen molar-refractivity contribution in [3.8, 4) is 0 Å². The van der Waals surface area contributed by atoms with Crippen molar-refractivity contribution in [3.63, 3.8) is 0 Å². The van der Waals surface area contributed by atoms with Gasteiger partial charge >= 0.3 is 0 Å². The number of hydrogen-bond donors (Lipinski definition) is 0. The van der Waals surface area contributed by atoms with Gasteiger partial charge in [0.25, 0.3) is 0 Å². The van der Waals surface area contributed by atoms with E-state index >= 15 is 0 Å². The van der Waals surface area contributed by atoms with E-state index in [4.69, 9.17) is 0 Å². The van der Waals surface area contributed by atoms with Gasteiger partial charge in [-0.25, -0.2) is 0 Å². The lowest BCUT2D eigenvalue weighted by Gasteiger charge is -2.31. The predicted octanol–water partition coefficient (Wildman–Crippen LogP) is 1.27. The predicted molar refractivity (Wildman–Crippen MR) is 86.3 cm³/mol. The summed E-state index contributed by atoms with van der Waals surface area (Å²) < 4.78 is 1.73. The Morgan fingerprint density at radius 3 is 2.83 bits per heavy atom. The van der Waals surface area contributed by atoms with E-state index in [2.05, 4.69) is 31.2 Å². The van der Waals surface area contributed by atoms with Gasteiger partial charge in [-0.15, -0.1) is 10.2 Å². The molecule has 1 saturated carbocycles. The molecule has 1 aliphatic carbocycles. The van der Waals surface area contributed by atoms with Crippen LogP contribution in [-0.4, -0.2) is 56.8 Å². The largest absolute Gasteiger partial charge is 0.367 e. The molecule has 7 heteroatoms. The molecule has 0 N–H and O–H groups in total. The summed E-state index contributed by atoms with van der Waals surface area (Å²) in [6.45, 7) is 5.40. The number of fused-ring (bicyclic) bond motifs is 1. The topological polar surface area (TPSA) is 66.6 Å². The van der Waals surface area contributed by atoms with E-state index in [9.17, 15) is 4.79 Å². The number of nitrogens with zero attached hydrogens (tertiary/aromatic N) is 6. The summed E-state index contributed by atoms with van der Waals surface area (Å²) in [5.41, 5.74) is 2.79. The summed E-state index contributed by atoms with van der Waals surface area (Å²) >= 11 is 0. The number of carbonyl (C=O) groups excluding carboxylic acids is 1. The lowest BCUT2D eigenvalue weighted by atomic mass is 9.84. The molecule has 7 nitrogen and oxygen atoms in total. The molecule has 2 fully saturated rings. The Balaban J connectivity index is 1.53. The van der Waals surface area contributed by atoms with E-state index < -0.39 is 0 Å². The molecule has 0 atom stereocenters. The zero-order valence-corrected chi connectivity index (χ0v) is 13.5. The second-order valence-electron chi connectivity index (χ2n) is 6.56. The van der Waals surface area contributed by atoms with Gasteiger partial charge in [0, 0.05) is 32.1 Å². The normalized spacial score (nSPS) is 19.7. The highest BCUT2D eigenvalue weighted by atomic mass is 16.2. The van der Waals surface area contributed by atoms with Crippen LogP contribution in [0.15, 0.2) is 12.4 Å². The molecule has 1 aliphatic heterocycles. The van der Waals surface area contributed by atoms with Gasteiger partial charge in [0.1, 0.15) is 6.33 Å². The van der Waals surface area contributed by atoms with Crippen molar-refractivity contribution in [1.82, 2.24) is 24.7 Å². The number of aryl methyl sites for hydroxylation is 1.